The third kappa shape index (κ3) is 7.15. The van der Waals surface area contributed by atoms with Crippen molar-refractivity contribution in [2.75, 3.05) is 69.0 Å². The molecule has 4 N–H and O–H groups in total. The lowest BCUT2D eigenvalue weighted by atomic mass is 10.1. The van der Waals surface area contributed by atoms with E-state index in [1.54, 1.807) is 26.2 Å². The number of aromatic nitrogens is 3. The van der Waals surface area contributed by atoms with Crippen LogP contribution in [0.3, 0.4) is 0 Å². The first kappa shape index (κ1) is 27.2. The van der Waals surface area contributed by atoms with E-state index < -0.39 is 5.97 Å². The SMILES string of the molecule is COCCNC(=O)c1ccc(CNc2cc(N3CCN(C)CC3)nc(Nc3nc(C)c(C(=O)O)s3)n2)cc1. The molecule has 0 bridgehead atoms. The summed E-state index contributed by atoms with van der Waals surface area (Å²) < 4.78 is 4.96. The van der Waals surface area contributed by atoms with Crippen LogP contribution in [-0.2, 0) is 11.3 Å². The molecule has 1 aromatic carbocycles. The zero-order valence-electron chi connectivity index (χ0n) is 21.7. The van der Waals surface area contributed by atoms with Crippen LogP contribution in [0, 0.1) is 6.92 Å². The Hall–Kier alpha value is -3.81. The third-order valence-corrected chi connectivity index (χ3v) is 7.09. The number of piperazine rings is 1. The molecule has 1 amide bonds. The molecule has 3 heterocycles. The Bertz CT molecular complexity index is 1260. The highest BCUT2D eigenvalue weighted by molar-refractivity contribution is 7.17. The maximum atomic E-state index is 12.2. The van der Waals surface area contributed by atoms with Crippen molar-refractivity contribution >= 4 is 45.9 Å². The molecule has 1 aliphatic rings. The third-order valence-electron chi connectivity index (χ3n) is 6.03. The van der Waals surface area contributed by atoms with E-state index in [2.05, 4.69) is 47.7 Å². The van der Waals surface area contributed by atoms with Crippen molar-refractivity contribution in [3.8, 4) is 0 Å². The number of aromatic carboxylic acids is 1. The number of carboxylic acid groups (broad SMARTS) is 1. The van der Waals surface area contributed by atoms with Crippen molar-refractivity contribution in [1.82, 2.24) is 25.2 Å². The van der Waals surface area contributed by atoms with Crippen LogP contribution < -0.4 is 20.9 Å². The number of likely N-dealkylation sites (N-methyl/N-ethyl adjacent to an activating group) is 1. The predicted molar refractivity (Wildman–Crippen MR) is 147 cm³/mol. The fourth-order valence-electron chi connectivity index (χ4n) is 3.86. The van der Waals surface area contributed by atoms with Gasteiger partial charge in [0.1, 0.15) is 16.5 Å². The Morgan fingerprint density at radius 3 is 2.50 bits per heavy atom. The highest BCUT2D eigenvalue weighted by Gasteiger charge is 2.19. The number of amides is 1. The lowest BCUT2D eigenvalue weighted by Crippen LogP contribution is -2.44. The number of benzene rings is 1. The number of aryl methyl sites for hydroxylation is 1. The summed E-state index contributed by atoms with van der Waals surface area (Å²) in [6.07, 6.45) is 0. The van der Waals surface area contributed by atoms with Gasteiger partial charge in [-0.2, -0.15) is 9.97 Å². The molecule has 1 aliphatic heterocycles. The largest absolute Gasteiger partial charge is 0.477 e. The zero-order chi connectivity index (χ0) is 27.1. The topological polar surface area (TPSA) is 145 Å². The molecule has 0 unspecified atom stereocenters. The average molecular weight is 541 g/mol. The number of methoxy groups -OCH3 is 1. The van der Waals surface area contributed by atoms with Crippen molar-refractivity contribution in [2.24, 2.45) is 0 Å². The number of ether oxygens (including phenoxy) is 1. The Balaban J connectivity index is 1.49. The van der Waals surface area contributed by atoms with Gasteiger partial charge in [-0.3, -0.25) is 10.1 Å². The normalized spacial score (nSPS) is 13.8. The van der Waals surface area contributed by atoms with Gasteiger partial charge in [-0.15, -0.1) is 0 Å². The monoisotopic (exact) mass is 540 g/mol. The van der Waals surface area contributed by atoms with Gasteiger partial charge in [0.15, 0.2) is 5.13 Å². The van der Waals surface area contributed by atoms with Gasteiger partial charge in [-0.05, 0) is 31.7 Å². The zero-order valence-corrected chi connectivity index (χ0v) is 22.5. The van der Waals surface area contributed by atoms with Crippen molar-refractivity contribution < 1.29 is 19.4 Å². The molecule has 1 saturated heterocycles. The molecule has 3 aromatic rings. The molecular weight excluding hydrogens is 508 g/mol. The van der Waals surface area contributed by atoms with Gasteiger partial charge in [-0.25, -0.2) is 9.78 Å². The van der Waals surface area contributed by atoms with Crippen LogP contribution in [0.4, 0.5) is 22.7 Å². The molecule has 0 spiro atoms. The van der Waals surface area contributed by atoms with Crippen LogP contribution in [0.25, 0.3) is 0 Å². The number of carboxylic acids is 1. The number of nitrogens with zero attached hydrogens (tertiary/aromatic N) is 5. The van der Waals surface area contributed by atoms with E-state index in [0.717, 1.165) is 48.9 Å². The maximum Gasteiger partial charge on any atom is 0.347 e. The first-order valence-corrected chi connectivity index (χ1v) is 13.0. The summed E-state index contributed by atoms with van der Waals surface area (Å²) in [6.45, 7) is 6.58. The highest BCUT2D eigenvalue weighted by Crippen LogP contribution is 2.27. The first-order chi connectivity index (χ1) is 18.3. The second-order valence-electron chi connectivity index (χ2n) is 8.89. The van der Waals surface area contributed by atoms with Gasteiger partial charge in [0, 0.05) is 58.0 Å². The number of hydrogen-bond acceptors (Lipinski definition) is 11. The summed E-state index contributed by atoms with van der Waals surface area (Å²) in [5.41, 5.74) is 2.00. The van der Waals surface area contributed by atoms with Crippen LogP contribution >= 0.6 is 11.3 Å². The molecule has 1 fully saturated rings. The van der Waals surface area contributed by atoms with Crippen LogP contribution in [0.2, 0.25) is 0 Å². The molecule has 12 nitrogen and oxygen atoms in total. The summed E-state index contributed by atoms with van der Waals surface area (Å²) in [5, 5.41) is 19.0. The van der Waals surface area contributed by atoms with E-state index in [1.807, 2.05) is 18.2 Å². The second kappa shape index (κ2) is 12.6. The number of rotatable bonds is 11. The summed E-state index contributed by atoms with van der Waals surface area (Å²) in [4.78, 5) is 41.9. The average Bonchev–Trinajstić information content (AvgIpc) is 3.28. The molecule has 2 aromatic heterocycles. The number of carbonyl (C=O) groups is 2. The highest BCUT2D eigenvalue weighted by atomic mass is 32.1. The van der Waals surface area contributed by atoms with Gasteiger partial charge in [-0.1, -0.05) is 23.5 Å². The Morgan fingerprint density at radius 2 is 1.84 bits per heavy atom. The van der Waals surface area contributed by atoms with E-state index in [4.69, 9.17) is 4.74 Å². The minimum atomic E-state index is -1.01. The lowest BCUT2D eigenvalue weighted by molar-refractivity contribution is 0.0701. The van der Waals surface area contributed by atoms with Gasteiger partial charge in [0.05, 0.1) is 12.3 Å². The van der Waals surface area contributed by atoms with Crippen LogP contribution in [0.1, 0.15) is 31.3 Å². The lowest BCUT2D eigenvalue weighted by Gasteiger charge is -2.33. The molecule has 13 heteroatoms. The number of hydrogen-bond donors (Lipinski definition) is 4. The molecule has 202 valence electrons. The Kier molecular flexibility index (Phi) is 9.05. The molecular formula is C25H32N8O4S. The molecule has 38 heavy (non-hydrogen) atoms. The van der Waals surface area contributed by atoms with Crippen molar-refractivity contribution in [3.63, 3.8) is 0 Å². The maximum absolute atomic E-state index is 12.2. The molecule has 0 saturated carbocycles. The van der Waals surface area contributed by atoms with E-state index in [0.29, 0.717) is 47.9 Å². The molecule has 0 radical (unpaired) electrons. The fourth-order valence-corrected chi connectivity index (χ4v) is 4.66. The van der Waals surface area contributed by atoms with E-state index in [1.165, 1.54) is 0 Å². The van der Waals surface area contributed by atoms with Crippen LogP contribution in [-0.4, -0.2) is 90.3 Å². The standard InChI is InChI=1S/C25H32N8O4S/c1-16-21(23(35)36)38-25(28-16)31-24-29-19(14-20(30-24)33-11-9-32(2)10-12-33)27-15-17-4-6-18(7-5-17)22(34)26-8-13-37-3/h4-7,14H,8-13,15H2,1-3H3,(H,26,34)(H,35,36)(H2,27,28,29,30,31). The molecule has 0 atom stereocenters. The first-order valence-electron chi connectivity index (χ1n) is 12.2. The number of thiazole rings is 1. The molecule has 0 aliphatic carbocycles. The second-order valence-corrected chi connectivity index (χ2v) is 9.89. The van der Waals surface area contributed by atoms with Gasteiger partial charge in [0.25, 0.3) is 5.91 Å². The van der Waals surface area contributed by atoms with Crippen LogP contribution in [0.15, 0.2) is 30.3 Å². The van der Waals surface area contributed by atoms with E-state index >= 15 is 0 Å². The summed E-state index contributed by atoms with van der Waals surface area (Å²) >= 11 is 1.05. The van der Waals surface area contributed by atoms with Crippen LogP contribution in [0.5, 0.6) is 0 Å². The minimum Gasteiger partial charge on any atom is -0.477 e. The van der Waals surface area contributed by atoms with Gasteiger partial charge >= 0.3 is 5.97 Å². The Morgan fingerprint density at radius 1 is 1.11 bits per heavy atom. The van der Waals surface area contributed by atoms with Crippen molar-refractivity contribution in [3.05, 3.63) is 52.0 Å². The number of carbonyl (C=O) groups excluding carboxylic acids is 1. The summed E-state index contributed by atoms with van der Waals surface area (Å²) in [5.74, 6) is 0.560. The van der Waals surface area contributed by atoms with Crippen molar-refractivity contribution in [1.29, 1.82) is 0 Å². The fraction of sp³-hybridized carbons (Fsp3) is 0.400. The summed E-state index contributed by atoms with van der Waals surface area (Å²) in [6, 6.07) is 9.26. The van der Waals surface area contributed by atoms with E-state index in [-0.39, 0.29) is 10.8 Å². The predicted octanol–water partition coefficient (Wildman–Crippen LogP) is 2.42. The summed E-state index contributed by atoms with van der Waals surface area (Å²) in [7, 11) is 3.69. The quantitative estimate of drug-likeness (QED) is 0.266. The Labute approximate surface area is 225 Å². The van der Waals surface area contributed by atoms with Gasteiger partial charge < -0.3 is 30.3 Å². The number of nitrogens with one attached hydrogen (secondary N) is 3. The van der Waals surface area contributed by atoms with Crippen molar-refractivity contribution in [2.45, 2.75) is 13.5 Å². The van der Waals surface area contributed by atoms with E-state index in [9.17, 15) is 14.7 Å². The smallest absolute Gasteiger partial charge is 0.347 e. The molecule has 4 rings (SSSR count). The number of anilines is 4. The minimum absolute atomic E-state index is 0.145. The van der Waals surface area contributed by atoms with Gasteiger partial charge in [0.2, 0.25) is 5.95 Å².